The highest BCUT2D eigenvalue weighted by Gasteiger charge is 2.74. The molecule has 2 aliphatic heterocycles. The van der Waals surface area contributed by atoms with Gasteiger partial charge in [0, 0.05) is 23.0 Å². The quantitative estimate of drug-likeness (QED) is 0.286. The lowest BCUT2D eigenvalue weighted by atomic mass is 9.43. The molecule has 39 heavy (non-hydrogen) atoms. The Labute approximate surface area is 228 Å². The number of hydrogen-bond donors (Lipinski definition) is 0. The summed E-state index contributed by atoms with van der Waals surface area (Å²) in [5.74, 6) is -3.44. The fourth-order valence-electron chi connectivity index (χ4n) is 7.45. The average molecular weight is 543 g/mol. The van der Waals surface area contributed by atoms with Gasteiger partial charge in [-0.05, 0) is 57.4 Å². The molecule has 9 atom stereocenters. The molecule has 0 aromatic carbocycles. The van der Waals surface area contributed by atoms with Crippen molar-refractivity contribution in [2.45, 2.75) is 85.0 Å². The normalized spacial score (nSPS) is 38.4. The lowest BCUT2D eigenvalue weighted by molar-refractivity contribution is -0.213. The van der Waals surface area contributed by atoms with Crippen molar-refractivity contribution >= 4 is 23.9 Å². The van der Waals surface area contributed by atoms with Crippen LogP contribution >= 0.6 is 0 Å². The number of carbonyl (C=O) groups excluding carboxylic acids is 4. The van der Waals surface area contributed by atoms with Crippen LogP contribution in [-0.2, 0) is 38.1 Å². The van der Waals surface area contributed by atoms with Crippen LogP contribution in [0.4, 0.5) is 0 Å². The van der Waals surface area contributed by atoms with Gasteiger partial charge in [-0.15, -0.1) is 0 Å². The Bertz CT molecular complexity index is 1170. The molecule has 0 radical (unpaired) electrons. The van der Waals surface area contributed by atoms with E-state index in [9.17, 15) is 19.2 Å². The first-order chi connectivity index (χ1) is 18.6. The second kappa shape index (κ2) is 10.1. The molecule has 0 N–H and O–H groups in total. The van der Waals surface area contributed by atoms with Crippen LogP contribution in [-0.4, -0.2) is 42.7 Å². The van der Waals surface area contributed by atoms with Crippen LogP contribution in [0, 0.1) is 34.5 Å². The number of furan rings is 1. The molecule has 4 fully saturated rings. The van der Waals surface area contributed by atoms with Crippen LogP contribution in [0.25, 0.3) is 0 Å². The highest BCUT2D eigenvalue weighted by Crippen LogP contribution is 2.68. The molecule has 212 valence electrons. The van der Waals surface area contributed by atoms with Crippen molar-refractivity contribution < 1.29 is 42.5 Å². The van der Waals surface area contributed by atoms with Gasteiger partial charge in [-0.2, -0.15) is 0 Å². The van der Waals surface area contributed by atoms with Gasteiger partial charge >= 0.3 is 23.9 Å². The van der Waals surface area contributed by atoms with Gasteiger partial charge in [-0.25, -0.2) is 4.79 Å². The van der Waals surface area contributed by atoms with E-state index in [0.29, 0.717) is 31.3 Å². The highest BCUT2D eigenvalue weighted by atomic mass is 16.6. The number of hydrogen-bond acceptors (Lipinski definition) is 9. The molecule has 4 aliphatic rings. The summed E-state index contributed by atoms with van der Waals surface area (Å²) in [5.41, 5.74) is -0.476. The van der Waals surface area contributed by atoms with Gasteiger partial charge in [-0.1, -0.05) is 26.8 Å². The fraction of sp³-hybridized carbons (Fsp3) is 0.667. The van der Waals surface area contributed by atoms with Crippen molar-refractivity contribution in [1.29, 1.82) is 0 Å². The van der Waals surface area contributed by atoms with E-state index >= 15 is 0 Å². The van der Waals surface area contributed by atoms with Crippen molar-refractivity contribution in [3.8, 4) is 0 Å². The van der Waals surface area contributed by atoms with Crippen LogP contribution in [0.2, 0.25) is 0 Å². The zero-order chi connectivity index (χ0) is 28.1. The third-order valence-electron chi connectivity index (χ3n) is 10.1. The van der Waals surface area contributed by atoms with Crippen molar-refractivity contribution in [3.05, 3.63) is 35.8 Å². The van der Waals surface area contributed by atoms with E-state index in [-0.39, 0.29) is 36.8 Å². The minimum atomic E-state index is -1.00. The lowest BCUT2D eigenvalue weighted by Gasteiger charge is -2.58. The van der Waals surface area contributed by atoms with Crippen molar-refractivity contribution in [2.75, 3.05) is 6.61 Å². The molecule has 2 spiro atoms. The van der Waals surface area contributed by atoms with Crippen molar-refractivity contribution in [3.63, 3.8) is 0 Å². The molecule has 9 unspecified atom stereocenters. The molecule has 9 nitrogen and oxygen atoms in total. The maximum atomic E-state index is 13.9. The molecule has 1 aromatic rings. The standard InChI is InChI=1S/C30H38O9/c1-6-16(3)25(31)37-20-12-22-29(15-36-27(33)23(29)24(20)39-26(32)17(4)7-2)10-8-18(5)30(22)13-21(38-28(30)34)19-9-11-35-14-19/h6,9,11,14,17-18,20-24H,7-8,10,12-13,15H2,1-5H3. The fourth-order valence-corrected chi connectivity index (χ4v) is 7.45. The Kier molecular flexibility index (Phi) is 7.14. The monoisotopic (exact) mass is 542 g/mol. The summed E-state index contributed by atoms with van der Waals surface area (Å²) in [6.45, 7) is 9.22. The van der Waals surface area contributed by atoms with Gasteiger partial charge in [0.2, 0.25) is 0 Å². The number of ether oxygens (including phenoxy) is 4. The molecular weight excluding hydrogens is 504 g/mol. The molecule has 2 aliphatic carbocycles. The first-order valence-electron chi connectivity index (χ1n) is 14.0. The Morgan fingerprint density at radius 3 is 2.69 bits per heavy atom. The summed E-state index contributed by atoms with van der Waals surface area (Å²) in [6, 6.07) is 1.79. The Morgan fingerprint density at radius 2 is 2.03 bits per heavy atom. The topological polar surface area (TPSA) is 118 Å². The minimum absolute atomic E-state index is 0.0401. The summed E-state index contributed by atoms with van der Waals surface area (Å²) < 4.78 is 28.9. The predicted molar refractivity (Wildman–Crippen MR) is 137 cm³/mol. The van der Waals surface area contributed by atoms with E-state index < -0.39 is 53.0 Å². The van der Waals surface area contributed by atoms with Crippen LogP contribution in [0.1, 0.15) is 78.4 Å². The van der Waals surface area contributed by atoms with Crippen molar-refractivity contribution in [2.24, 2.45) is 34.5 Å². The first kappa shape index (κ1) is 27.5. The number of esters is 4. The summed E-state index contributed by atoms with van der Waals surface area (Å²) >= 11 is 0. The van der Waals surface area contributed by atoms with Crippen molar-refractivity contribution in [1.82, 2.24) is 0 Å². The van der Waals surface area contributed by atoms with Crippen LogP contribution in [0.3, 0.4) is 0 Å². The number of carbonyl (C=O) groups is 4. The predicted octanol–water partition coefficient (Wildman–Crippen LogP) is 4.70. The van der Waals surface area contributed by atoms with E-state index in [1.54, 1.807) is 45.4 Å². The van der Waals surface area contributed by atoms with E-state index in [1.165, 1.54) is 0 Å². The summed E-state index contributed by atoms with van der Waals surface area (Å²) in [7, 11) is 0. The SMILES string of the molecule is CC=C(C)C(=O)OC1CC2C3(CCC(C)C24CC(c2ccoc2)OC4=O)COC(=O)C3C1OC(=O)C(C)CC. The molecule has 0 amide bonds. The third kappa shape index (κ3) is 4.19. The summed E-state index contributed by atoms with van der Waals surface area (Å²) in [4.78, 5) is 53.3. The lowest BCUT2D eigenvalue weighted by Crippen LogP contribution is -2.64. The summed E-state index contributed by atoms with van der Waals surface area (Å²) in [5, 5.41) is 0. The van der Waals surface area contributed by atoms with Crippen LogP contribution < -0.4 is 0 Å². The highest BCUT2D eigenvalue weighted by molar-refractivity contribution is 5.88. The zero-order valence-electron chi connectivity index (χ0n) is 23.3. The molecule has 2 saturated carbocycles. The maximum absolute atomic E-state index is 13.9. The van der Waals surface area contributed by atoms with Gasteiger partial charge in [0.25, 0.3) is 0 Å². The van der Waals surface area contributed by atoms with Gasteiger partial charge in [-0.3, -0.25) is 14.4 Å². The molecule has 2 saturated heterocycles. The van der Waals surface area contributed by atoms with Crippen LogP contribution in [0.5, 0.6) is 0 Å². The molecule has 9 heteroatoms. The van der Waals surface area contributed by atoms with Crippen LogP contribution in [0.15, 0.2) is 34.7 Å². The molecule has 5 rings (SSSR count). The number of allylic oxidation sites excluding steroid dienone is 1. The molecular formula is C30H38O9. The first-order valence-corrected chi connectivity index (χ1v) is 14.0. The summed E-state index contributed by atoms with van der Waals surface area (Å²) in [6.07, 6.45) is 4.95. The van der Waals surface area contributed by atoms with Gasteiger partial charge in [0.1, 0.15) is 18.1 Å². The van der Waals surface area contributed by atoms with E-state index in [0.717, 1.165) is 5.56 Å². The second-order valence-electron chi connectivity index (χ2n) is 11.9. The molecule has 1 aromatic heterocycles. The number of cyclic esters (lactones) is 2. The van der Waals surface area contributed by atoms with Gasteiger partial charge in [0.15, 0.2) is 6.10 Å². The minimum Gasteiger partial charge on any atom is -0.472 e. The van der Waals surface area contributed by atoms with E-state index in [1.807, 2.05) is 6.92 Å². The number of fused-ring (bicyclic) bond motifs is 1. The Hall–Kier alpha value is -3.10. The third-order valence-corrected chi connectivity index (χ3v) is 10.1. The molecule has 3 heterocycles. The largest absolute Gasteiger partial charge is 0.472 e. The van der Waals surface area contributed by atoms with E-state index in [4.69, 9.17) is 23.4 Å². The average Bonchev–Trinajstić information content (AvgIpc) is 3.65. The molecule has 0 bridgehead atoms. The Balaban J connectivity index is 1.59. The second-order valence-corrected chi connectivity index (χ2v) is 11.9. The smallest absolute Gasteiger partial charge is 0.333 e. The maximum Gasteiger partial charge on any atom is 0.333 e. The van der Waals surface area contributed by atoms with E-state index in [2.05, 4.69) is 6.92 Å². The van der Waals surface area contributed by atoms with Gasteiger partial charge < -0.3 is 23.4 Å². The zero-order valence-corrected chi connectivity index (χ0v) is 23.3. The number of rotatable bonds is 6. The Morgan fingerprint density at radius 1 is 1.26 bits per heavy atom. The van der Waals surface area contributed by atoms with Gasteiger partial charge in [0.05, 0.1) is 30.5 Å².